The number of nitrogens with zero attached hydrogens (tertiary/aromatic N) is 2. The first kappa shape index (κ1) is 11.5. The van der Waals surface area contributed by atoms with Crippen molar-refractivity contribution in [3.63, 3.8) is 0 Å². The van der Waals surface area contributed by atoms with Crippen molar-refractivity contribution in [2.45, 2.75) is 44.8 Å². The molecular weight excluding hydrogens is 206 g/mol. The van der Waals surface area contributed by atoms with Gasteiger partial charge in [0.1, 0.15) is 6.61 Å². The first-order valence-electron chi connectivity index (χ1n) is 5.90. The third-order valence-electron chi connectivity index (χ3n) is 3.06. The van der Waals surface area contributed by atoms with Crippen molar-refractivity contribution in [2.24, 2.45) is 0 Å². The smallest absolute Gasteiger partial charge is 0.231 e. The highest BCUT2D eigenvalue weighted by atomic mass is 16.5. The van der Waals surface area contributed by atoms with Crippen LogP contribution in [-0.4, -0.2) is 29.8 Å². The molecule has 1 N–H and O–H groups in total. The highest BCUT2D eigenvalue weighted by Gasteiger charge is 2.32. The number of ether oxygens (including phenoxy) is 1. The molecular formula is C11H19N3O2. The molecule has 1 aliphatic carbocycles. The normalized spacial score (nSPS) is 25.1. The fourth-order valence-electron chi connectivity index (χ4n) is 2.37. The predicted molar refractivity (Wildman–Crippen MR) is 59.1 cm³/mol. The van der Waals surface area contributed by atoms with Crippen molar-refractivity contribution < 1.29 is 9.26 Å². The molecule has 0 amide bonds. The third kappa shape index (κ3) is 2.41. The Balaban J connectivity index is 2.04. The molecule has 2 unspecified atom stereocenters. The number of nitrogens with one attached hydrogen (secondary N) is 1. The summed E-state index contributed by atoms with van der Waals surface area (Å²) < 4.78 is 10.3. The SMILES string of the molecule is CCNC1CCCC1c1nc(COC)no1. The van der Waals surface area contributed by atoms with Gasteiger partial charge in [0.15, 0.2) is 5.82 Å². The van der Waals surface area contributed by atoms with Crippen LogP contribution in [0.4, 0.5) is 0 Å². The van der Waals surface area contributed by atoms with Gasteiger partial charge in [0.05, 0.1) is 5.92 Å². The zero-order valence-corrected chi connectivity index (χ0v) is 9.90. The van der Waals surface area contributed by atoms with Gasteiger partial charge in [-0.15, -0.1) is 0 Å². The van der Waals surface area contributed by atoms with E-state index in [1.54, 1.807) is 7.11 Å². The molecule has 5 heteroatoms. The topological polar surface area (TPSA) is 60.2 Å². The van der Waals surface area contributed by atoms with E-state index in [-0.39, 0.29) is 0 Å². The molecule has 1 fully saturated rings. The number of likely N-dealkylation sites (N-methyl/N-ethyl adjacent to an activating group) is 1. The van der Waals surface area contributed by atoms with Crippen molar-refractivity contribution in [1.82, 2.24) is 15.5 Å². The van der Waals surface area contributed by atoms with Crippen LogP contribution in [0.2, 0.25) is 0 Å². The van der Waals surface area contributed by atoms with Gasteiger partial charge in [-0.25, -0.2) is 0 Å². The molecule has 1 aromatic rings. The lowest BCUT2D eigenvalue weighted by atomic mass is 10.0. The minimum absolute atomic E-state index is 0.373. The van der Waals surface area contributed by atoms with Crippen LogP contribution < -0.4 is 5.32 Å². The van der Waals surface area contributed by atoms with Crippen LogP contribution in [0, 0.1) is 0 Å². The molecule has 0 spiro atoms. The highest BCUT2D eigenvalue weighted by Crippen LogP contribution is 2.33. The van der Waals surface area contributed by atoms with Crippen LogP contribution in [0.1, 0.15) is 43.8 Å². The first-order valence-corrected chi connectivity index (χ1v) is 5.90. The van der Waals surface area contributed by atoms with Crippen molar-refractivity contribution >= 4 is 0 Å². The minimum Gasteiger partial charge on any atom is -0.377 e. The second-order valence-corrected chi connectivity index (χ2v) is 4.18. The van der Waals surface area contributed by atoms with E-state index >= 15 is 0 Å². The Bertz CT molecular complexity index is 327. The van der Waals surface area contributed by atoms with Crippen molar-refractivity contribution in [2.75, 3.05) is 13.7 Å². The van der Waals surface area contributed by atoms with E-state index in [0.29, 0.717) is 24.4 Å². The van der Waals surface area contributed by atoms with Gasteiger partial charge >= 0.3 is 0 Å². The Morgan fingerprint density at radius 2 is 2.38 bits per heavy atom. The maximum absolute atomic E-state index is 5.30. The van der Waals surface area contributed by atoms with Crippen LogP contribution >= 0.6 is 0 Å². The fraction of sp³-hybridized carbons (Fsp3) is 0.818. The van der Waals surface area contributed by atoms with Crippen molar-refractivity contribution in [3.05, 3.63) is 11.7 Å². The van der Waals surface area contributed by atoms with Gasteiger partial charge in [-0.1, -0.05) is 18.5 Å². The summed E-state index contributed by atoms with van der Waals surface area (Å²) in [7, 11) is 1.63. The Hall–Kier alpha value is -0.940. The van der Waals surface area contributed by atoms with E-state index in [4.69, 9.17) is 9.26 Å². The summed E-state index contributed by atoms with van der Waals surface area (Å²) in [5, 5.41) is 7.38. The zero-order chi connectivity index (χ0) is 11.4. The number of aromatic nitrogens is 2. The Labute approximate surface area is 95.6 Å². The number of hydrogen-bond donors (Lipinski definition) is 1. The quantitative estimate of drug-likeness (QED) is 0.822. The van der Waals surface area contributed by atoms with Crippen molar-refractivity contribution in [3.8, 4) is 0 Å². The summed E-state index contributed by atoms with van der Waals surface area (Å²) in [5.74, 6) is 1.77. The molecule has 2 rings (SSSR count). The van der Waals surface area contributed by atoms with E-state index < -0.39 is 0 Å². The monoisotopic (exact) mass is 225 g/mol. The summed E-state index contributed by atoms with van der Waals surface area (Å²) in [4.78, 5) is 4.37. The first-order chi connectivity index (χ1) is 7.85. The highest BCUT2D eigenvalue weighted by molar-refractivity contribution is 5.02. The molecule has 0 radical (unpaired) electrons. The van der Waals surface area contributed by atoms with Gasteiger partial charge < -0.3 is 14.6 Å². The summed E-state index contributed by atoms with van der Waals surface area (Å²) in [6.07, 6.45) is 3.55. The molecule has 2 atom stereocenters. The average molecular weight is 225 g/mol. The molecule has 16 heavy (non-hydrogen) atoms. The summed E-state index contributed by atoms with van der Waals surface area (Å²) in [5.41, 5.74) is 0. The number of methoxy groups -OCH3 is 1. The lowest BCUT2D eigenvalue weighted by Crippen LogP contribution is -2.31. The van der Waals surface area contributed by atoms with E-state index in [2.05, 4.69) is 22.4 Å². The second kappa shape index (κ2) is 5.41. The molecule has 1 aromatic heterocycles. The summed E-state index contributed by atoms with van der Waals surface area (Å²) in [6, 6.07) is 0.487. The van der Waals surface area contributed by atoms with Gasteiger partial charge in [0, 0.05) is 13.2 Å². The van der Waals surface area contributed by atoms with E-state index in [1.807, 2.05) is 0 Å². The zero-order valence-electron chi connectivity index (χ0n) is 9.90. The van der Waals surface area contributed by atoms with Crippen LogP contribution in [0.3, 0.4) is 0 Å². The van der Waals surface area contributed by atoms with Gasteiger partial charge in [0.25, 0.3) is 0 Å². The lowest BCUT2D eigenvalue weighted by molar-refractivity contribution is 0.174. The van der Waals surface area contributed by atoms with Gasteiger partial charge in [-0.3, -0.25) is 0 Å². The van der Waals surface area contributed by atoms with Crippen LogP contribution in [-0.2, 0) is 11.3 Å². The van der Waals surface area contributed by atoms with E-state index in [1.165, 1.54) is 12.8 Å². The largest absolute Gasteiger partial charge is 0.377 e. The Morgan fingerprint density at radius 1 is 1.50 bits per heavy atom. The van der Waals surface area contributed by atoms with Crippen molar-refractivity contribution in [1.29, 1.82) is 0 Å². The van der Waals surface area contributed by atoms with Gasteiger partial charge in [-0.2, -0.15) is 4.98 Å². The lowest BCUT2D eigenvalue weighted by Gasteiger charge is -2.16. The number of hydrogen-bond acceptors (Lipinski definition) is 5. The second-order valence-electron chi connectivity index (χ2n) is 4.18. The molecule has 5 nitrogen and oxygen atoms in total. The molecule has 0 saturated heterocycles. The predicted octanol–water partition coefficient (Wildman–Crippen LogP) is 1.46. The standard InChI is InChI=1S/C11H19N3O2/c1-3-12-9-6-4-5-8(9)11-13-10(7-15-2)14-16-11/h8-9,12H,3-7H2,1-2H3. The molecule has 1 aliphatic rings. The Morgan fingerprint density at radius 3 is 3.12 bits per heavy atom. The summed E-state index contributed by atoms with van der Waals surface area (Å²) >= 11 is 0. The molecule has 1 heterocycles. The molecule has 0 aromatic carbocycles. The minimum atomic E-state index is 0.373. The van der Waals surface area contributed by atoms with Crippen LogP contribution in [0.25, 0.3) is 0 Å². The fourth-order valence-corrected chi connectivity index (χ4v) is 2.37. The van der Waals surface area contributed by atoms with Gasteiger partial charge in [0.2, 0.25) is 5.89 Å². The van der Waals surface area contributed by atoms with Crippen LogP contribution in [0.15, 0.2) is 4.52 Å². The third-order valence-corrected chi connectivity index (χ3v) is 3.06. The number of rotatable bonds is 5. The average Bonchev–Trinajstić information content (AvgIpc) is 2.87. The van der Waals surface area contributed by atoms with E-state index in [9.17, 15) is 0 Å². The van der Waals surface area contributed by atoms with Crippen LogP contribution in [0.5, 0.6) is 0 Å². The molecule has 0 aliphatic heterocycles. The Kier molecular flexibility index (Phi) is 3.90. The molecule has 90 valence electrons. The maximum atomic E-state index is 5.30. The summed E-state index contributed by atoms with van der Waals surface area (Å²) in [6.45, 7) is 3.53. The van der Waals surface area contributed by atoms with Gasteiger partial charge in [-0.05, 0) is 19.4 Å². The van der Waals surface area contributed by atoms with E-state index in [0.717, 1.165) is 18.9 Å². The maximum Gasteiger partial charge on any atom is 0.231 e. The molecule has 0 bridgehead atoms. The molecule has 1 saturated carbocycles.